The lowest BCUT2D eigenvalue weighted by atomic mass is 9.90. The molecule has 0 amide bonds. The maximum Gasteiger partial charge on any atom is 0.0583 e. The zero-order valence-electron chi connectivity index (χ0n) is 13.1. The van der Waals surface area contributed by atoms with Crippen LogP contribution in [0.1, 0.15) is 62.6 Å². The molecule has 19 heavy (non-hydrogen) atoms. The molecule has 0 bridgehead atoms. The van der Waals surface area contributed by atoms with E-state index in [0.29, 0.717) is 5.92 Å². The molecule has 1 heteroatoms. The zero-order chi connectivity index (χ0) is 14.3. The van der Waals surface area contributed by atoms with Gasteiger partial charge in [-0.25, -0.2) is 0 Å². The first-order valence-corrected chi connectivity index (χ1v) is 7.81. The van der Waals surface area contributed by atoms with E-state index in [-0.39, 0.29) is 6.10 Å². The molecular weight excluding hydrogens is 232 g/mol. The van der Waals surface area contributed by atoms with E-state index in [4.69, 9.17) is 0 Å². The van der Waals surface area contributed by atoms with Gasteiger partial charge in [0.2, 0.25) is 0 Å². The summed E-state index contributed by atoms with van der Waals surface area (Å²) in [5.74, 6) is 0.682. The third kappa shape index (κ3) is 5.78. The van der Waals surface area contributed by atoms with Crippen LogP contribution in [0.3, 0.4) is 0 Å². The summed E-state index contributed by atoms with van der Waals surface area (Å²) >= 11 is 0. The Bertz CT molecular complexity index is 370. The van der Waals surface area contributed by atoms with Crippen molar-refractivity contribution in [2.75, 3.05) is 0 Å². The van der Waals surface area contributed by atoms with Gasteiger partial charge in [0.1, 0.15) is 0 Å². The van der Waals surface area contributed by atoms with Gasteiger partial charge in [-0.2, -0.15) is 0 Å². The molecule has 0 radical (unpaired) electrons. The Hall–Kier alpha value is -0.820. The van der Waals surface area contributed by atoms with E-state index in [1.54, 1.807) is 0 Å². The van der Waals surface area contributed by atoms with Crippen molar-refractivity contribution in [2.24, 2.45) is 5.92 Å². The van der Waals surface area contributed by atoms with E-state index in [9.17, 15) is 5.11 Å². The Morgan fingerprint density at radius 1 is 1.11 bits per heavy atom. The third-order valence-electron chi connectivity index (χ3n) is 4.19. The smallest absolute Gasteiger partial charge is 0.0583 e. The number of unbranched alkanes of at least 4 members (excludes halogenated alkanes) is 1. The van der Waals surface area contributed by atoms with Crippen molar-refractivity contribution in [2.45, 2.75) is 72.3 Å². The quantitative estimate of drug-likeness (QED) is 0.712. The normalized spacial score (nSPS) is 14.4. The highest BCUT2D eigenvalue weighted by molar-refractivity contribution is 5.30. The van der Waals surface area contributed by atoms with Crippen molar-refractivity contribution in [3.63, 3.8) is 0 Å². The van der Waals surface area contributed by atoms with Crippen LogP contribution >= 0.6 is 0 Å². The van der Waals surface area contributed by atoms with E-state index in [1.807, 2.05) is 0 Å². The molecular formula is C18H30O. The lowest BCUT2D eigenvalue weighted by Crippen LogP contribution is -2.16. The Balaban J connectivity index is 2.48. The number of rotatable bonds is 8. The molecule has 1 N–H and O–H groups in total. The molecule has 2 unspecified atom stereocenters. The molecule has 1 aromatic rings. The molecule has 2 atom stereocenters. The summed E-state index contributed by atoms with van der Waals surface area (Å²) in [6.07, 6.45) is 6.54. The van der Waals surface area contributed by atoms with Gasteiger partial charge in [-0.3, -0.25) is 0 Å². The molecule has 1 aromatic carbocycles. The van der Waals surface area contributed by atoms with Crippen LogP contribution in [-0.2, 0) is 6.42 Å². The summed E-state index contributed by atoms with van der Waals surface area (Å²) in [6.45, 7) is 8.75. The van der Waals surface area contributed by atoms with Crippen molar-refractivity contribution in [3.8, 4) is 0 Å². The second kappa shape index (κ2) is 8.37. The van der Waals surface area contributed by atoms with E-state index < -0.39 is 0 Å². The molecule has 1 rings (SSSR count). The molecule has 0 spiro atoms. The fraction of sp³-hybridized carbons (Fsp3) is 0.667. The van der Waals surface area contributed by atoms with Crippen LogP contribution in [0.2, 0.25) is 0 Å². The molecule has 1 nitrogen and oxygen atoms in total. The summed E-state index contributed by atoms with van der Waals surface area (Å²) in [5, 5.41) is 10.3. The monoisotopic (exact) mass is 262 g/mol. The lowest BCUT2D eigenvalue weighted by molar-refractivity contribution is 0.137. The predicted molar refractivity (Wildman–Crippen MR) is 83.5 cm³/mol. The van der Waals surface area contributed by atoms with Gasteiger partial charge in [0.25, 0.3) is 0 Å². The van der Waals surface area contributed by atoms with Gasteiger partial charge in [0.05, 0.1) is 6.10 Å². The molecule has 0 saturated heterocycles. The van der Waals surface area contributed by atoms with E-state index in [2.05, 4.69) is 45.9 Å². The molecule has 108 valence electrons. The number of aliphatic hydroxyl groups excluding tert-OH is 1. The van der Waals surface area contributed by atoms with Crippen LogP contribution in [-0.4, -0.2) is 11.2 Å². The van der Waals surface area contributed by atoms with E-state index in [0.717, 1.165) is 12.8 Å². The molecule has 0 aliphatic carbocycles. The second-order valence-electron chi connectivity index (χ2n) is 5.93. The Labute approximate surface area is 119 Å². The summed E-state index contributed by atoms with van der Waals surface area (Å²) in [6, 6.07) is 6.52. The lowest BCUT2D eigenvalue weighted by Gasteiger charge is -2.19. The largest absolute Gasteiger partial charge is 0.393 e. The first-order valence-electron chi connectivity index (χ1n) is 7.81. The highest BCUT2D eigenvalue weighted by atomic mass is 16.3. The minimum absolute atomic E-state index is 0.191. The standard InChI is InChI=1S/C18H30O/c1-5-7-8-16(6-2)12-18(19)13-17-10-9-14(3)15(4)11-17/h9-11,16,18-19H,5-8,12-13H2,1-4H3. The molecule has 0 fully saturated rings. The van der Waals surface area contributed by atoms with Gasteiger partial charge >= 0.3 is 0 Å². The van der Waals surface area contributed by atoms with E-state index >= 15 is 0 Å². The van der Waals surface area contributed by atoms with Crippen molar-refractivity contribution >= 4 is 0 Å². The SMILES string of the molecule is CCCCC(CC)CC(O)Cc1ccc(C)c(C)c1. The minimum atomic E-state index is -0.191. The Morgan fingerprint density at radius 2 is 1.84 bits per heavy atom. The fourth-order valence-electron chi connectivity index (χ4n) is 2.65. The third-order valence-corrected chi connectivity index (χ3v) is 4.19. The molecule has 0 aliphatic heterocycles. The minimum Gasteiger partial charge on any atom is -0.393 e. The van der Waals surface area contributed by atoms with Crippen molar-refractivity contribution in [1.82, 2.24) is 0 Å². The number of aliphatic hydroxyl groups is 1. The van der Waals surface area contributed by atoms with Crippen LogP contribution in [0.15, 0.2) is 18.2 Å². The van der Waals surface area contributed by atoms with Crippen molar-refractivity contribution < 1.29 is 5.11 Å². The number of benzene rings is 1. The highest BCUT2D eigenvalue weighted by Gasteiger charge is 2.13. The molecule has 0 aromatic heterocycles. The predicted octanol–water partition coefficient (Wildman–Crippen LogP) is 4.81. The number of hydrogen-bond acceptors (Lipinski definition) is 1. The van der Waals surface area contributed by atoms with Gasteiger partial charge in [0.15, 0.2) is 0 Å². The van der Waals surface area contributed by atoms with E-state index in [1.165, 1.54) is 42.4 Å². The van der Waals surface area contributed by atoms with Crippen LogP contribution in [0.5, 0.6) is 0 Å². The summed E-state index contributed by atoms with van der Waals surface area (Å²) in [4.78, 5) is 0. The van der Waals surface area contributed by atoms with Crippen molar-refractivity contribution in [3.05, 3.63) is 34.9 Å². The second-order valence-corrected chi connectivity index (χ2v) is 5.93. The number of aryl methyl sites for hydroxylation is 2. The average Bonchev–Trinajstić information content (AvgIpc) is 2.38. The Morgan fingerprint density at radius 3 is 2.42 bits per heavy atom. The number of hydrogen-bond donors (Lipinski definition) is 1. The maximum atomic E-state index is 10.3. The first-order chi connectivity index (χ1) is 9.06. The van der Waals surface area contributed by atoms with Gasteiger partial charge in [-0.1, -0.05) is 57.7 Å². The summed E-state index contributed by atoms with van der Waals surface area (Å²) in [7, 11) is 0. The fourth-order valence-corrected chi connectivity index (χ4v) is 2.65. The van der Waals surface area contributed by atoms with Crippen molar-refractivity contribution in [1.29, 1.82) is 0 Å². The molecule has 0 saturated carbocycles. The van der Waals surface area contributed by atoms with Crippen LogP contribution in [0.25, 0.3) is 0 Å². The average molecular weight is 262 g/mol. The zero-order valence-corrected chi connectivity index (χ0v) is 13.1. The molecule has 0 heterocycles. The molecule has 0 aliphatic rings. The van der Waals surface area contributed by atoms with Crippen LogP contribution < -0.4 is 0 Å². The van der Waals surface area contributed by atoms with Crippen LogP contribution in [0.4, 0.5) is 0 Å². The van der Waals surface area contributed by atoms with Gasteiger partial charge in [0, 0.05) is 0 Å². The summed E-state index contributed by atoms with van der Waals surface area (Å²) < 4.78 is 0. The maximum absolute atomic E-state index is 10.3. The van der Waals surface area contributed by atoms with Gasteiger partial charge < -0.3 is 5.11 Å². The van der Waals surface area contributed by atoms with Crippen LogP contribution in [0, 0.1) is 19.8 Å². The summed E-state index contributed by atoms with van der Waals surface area (Å²) in [5.41, 5.74) is 3.91. The highest BCUT2D eigenvalue weighted by Crippen LogP contribution is 2.21. The van der Waals surface area contributed by atoms with Gasteiger partial charge in [-0.05, 0) is 49.3 Å². The first kappa shape index (κ1) is 16.2. The van der Waals surface area contributed by atoms with Gasteiger partial charge in [-0.15, -0.1) is 0 Å². The Kier molecular flexibility index (Phi) is 7.15. The topological polar surface area (TPSA) is 20.2 Å².